The number of hydrogen-bond donors (Lipinski definition) is 1. The Labute approximate surface area is 128 Å². The van der Waals surface area contributed by atoms with Crippen molar-refractivity contribution < 1.29 is 17.6 Å². The van der Waals surface area contributed by atoms with E-state index in [-0.39, 0.29) is 23.2 Å². The van der Waals surface area contributed by atoms with Crippen molar-refractivity contribution in [1.29, 1.82) is 0 Å². The number of nitrogens with zero attached hydrogens (tertiary/aromatic N) is 1. The molecule has 116 valence electrons. The summed E-state index contributed by atoms with van der Waals surface area (Å²) in [5.74, 6) is -1.34. The van der Waals surface area contributed by atoms with Crippen LogP contribution in [0.3, 0.4) is 0 Å². The zero-order chi connectivity index (χ0) is 15.6. The number of halogens is 2. The van der Waals surface area contributed by atoms with Crippen LogP contribution in [0.5, 0.6) is 0 Å². The maximum atomic E-state index is 13.3. The van der Waals surface area contributed by atoms with E-state index in [1.165, 1.54) is 16.4 Å². The topological polar surface area (TPSA) is 66.5 Å². The molecule has 1 fully saturated rings. The fourth-order valence-corrected chi connectivity index (χ4v) is 3.47. The molecule has 1 aromatic carbocycles. The first kappa shape index (κ1) is 16.2. The summed E-state index contributed by atoms with van der Waals surface area (Å²) >= 11 is 5.57. The molecule has 0 aromatic heterocycles. The summed E-state index contributed by atoms with van der Waals surface area (Å²) in [5, 5.41) is 2.56. The van der Waals surface area contributed by atoms with Crippen molar-refractivity contribution in [3.63, 3.8) is 0 Å². The number of sulfonamides is 1. The second-order valence-electron chi connectivity index (χ2n) is 4.86. The van der Waals surface area contributed by atoms with E-state index in [0.29, 0.717) is 18.7 Å². The van der Waals surface area contributed by atoms with Crippen molar-refractivity contribution in [3.05, 3.63) is 29.0 Å². The molecule has 0 spiro atoms. The van der Waals surface area contributed by atoms with Crippen LogP contribution in [0.4, 0.5) is 10.1 Å². The summed E-state index contributed by atoms with van der Waals surface area (Å²) in [7, 11) is -3.27. The second kappa shape index (κ2) is 6.29. The molecular weight excluding hydrogens is 319 g/mol. The van der Waals surface area contributed by atoms with Crippen molar-refractivity contribution in [1.82, 2.24) is 4.31 Å². The van der Waals surface area contributed by atoms with Crippen LogP contribution in [-0.2, 0) is 14.8 Å². The largest absolute Gasteiger partial charge is 0.326 e. The lowest BCUT2D eigenvalue weighted by Gasteiger charge is -2.15. The molecule has 0 bridgehead atoms. The minimum absolute atomic E-state index is 0.0176. The first-order chi connectivity index (χ1) is 9.83. The van der Waals surface area contributed by atoms with Crippen LogP contribution in [0.25, 0.3) is 0 Å². The lowest BCUT2D eigenvalue weighted by molar-refractivity contribution is -0.119. The highest BCUT2D eigenvalue weighted by Crippen LogP contribution is 2.23. The molecule has 1 saturated heterocycles. The predicted octanol–water partition coefficient (Wildman–Crippen LogP) is 2.09. The average molecular weight is 335 g/mol. The highest BCUT2D eigenvalue weighted by Gasteiger charge is 2.34. The fourth-order valence-electron chi connectivity index (χ4n) is 2.20. The molecule has 0 aliphatic carbocycles. The zero-order valence-electron chi connectivity index (χ0n) is 11.5. The van der Waals surface area contributed by atoms with Crippen LogP contribution in [-0.4, -0.2) is 37.5 Å². The van der Waals surface area contributed by atoms with Crippen LogP contribution in [0.2, 0.25) is 5.02 Å². The molecule has 1 unspecified atom stereocenters. The number of amides is 1. The van der Waals surface area contributed by atoms with Gasteiger partial charge in [0.25, 0.3) is 0 Å². The van der Waals surface area contributed by atoms with Gasteiger partial charge in [-0.2, -0.15) is 0 Å². The number of carbonyl (C=O) groups excluding carboxylic acids is 1. The molecule has 1 aliphatic rings. The summed E-state index contributed by atoms with van der Waals surface area (Å²) in [4.78, 5) is 12.1. The van der Waals surface area contributed by atoms with E-state index >= 15 is 0 Å². The van der Waals surface area contributed by atoms with Gasteiger partial charge in [0.1, 0.15) is 5.82 Å². The molecule has 1 atom stereocenters. The normalized spacial score (nSPS) is 19.7. The molecule has 5 nitrogen and oxygen atoms in total. The Balaban J connectivity index is 2.00. The maximum Gasteiger partial charge on any atom is 0.228 e. The van der Waals surface area contributed by atoms with Crippen LogP contribution in [0, 0.1) is 11.7 Å². The number of benzene rings is 1. The SMILES string of the molecule is CCS(=O)(=O)N1CCC(C(=O)Nc2ccc(Cl)c(F)c2)C1. The zero-order valence-corrected chi connectivity index (χ0v) is 13.0. The van der Waals surface area contributed by atoms with E-state index in [4.69, 9.17) is 11.6 Å². The fraction of sp³-hybridized carbons (Fsp3) is 0.462. The summed E-state index contributed by atoms with van der Waals surface area (Å²) in [6, 6.07) is 3.99. The van der Waals surface area contributed by atoms with Gasteiger partial charge in [0.15, 0.2) is 0 Å². The minimum atomic E-state index is -3.27. The van der Waals surface area contributed by atoms with Crippen molar-refractivity contribution in [2.75, 3.05) is 24.2 Å². The van der Waals surface area contributed by atoms with E-state index in [1.807, 2.05) is 0 Å². The van der Waals surface area contributed by atoms with Gasteiger partial charge in [-0.05, 0) is 31.5 Å². The van der Waals surface area contributed by atoms with Gasteiger partial charge in [-0.25, -0.2) is 17.1 Å². The van der Waals surface area contributed by atoms with Crippen molar-refractivity contribution in [3.8, 4) is 0 Å². The standard InChI is InChI=1S/C13H16ClFN2O3S/c1-2-21(19,20)17-6-5-9(8-17)13(18)16-10-3-4-11(14)12(15)7-10/h3-4,7,9H,2,5-6,8H2,1H3,(H,16,18). The number of hydrogen-bond acceptors (Lipinski definition) is 3. The molecule has 1 aromatic rings. The third kappa shape index (κ3) is 3.72. The second-order valence-corrected chi connectivity index (χ2v) is 7.53. The number of carbonyl (C=O) groups is 1. The smallest absolute Gasteiger partial charge is 0.228 e. The van der Waals surface area contributed by atoms with E-state index in [9.17, 15) is 17.6 Å². The van der Waals surface area contributed by atoms with Gasteiger partial charge in [-0.3, -0.25) is 4.79 Å². The number of rotatable bonds is 4. The third-order valence-electron chi connectivity index (χ3n) is 3.47. The number of anilines is 1. The molecule has 21 heavy (non-hydrogen) atoms. The maximum absolute atomic E-state index is 13.3. The molecule has 1 aliphatic heterocycles. The Morgan fingerprint density at radius 3 is 2.86 bits per heavy atom. The summed E-state index contributed by atoms with van der Waals surface area (Å²) < 4.78 is 38.1. The first-order valence-electron chi connectivity index (χ1n) is 6.57. The van der Waals surface area contributed by atoms with Gasteiger partial charge in [0.05, 0.1) is 16.7 Å². The van der Waals surface area contributed by atoms with E-state index < -0.39 is 21.8 Å². The van der Waals surface area contributed by atoms with Gasteiger partial charge < -0.3 is 5.32 Å². The summed E-state index contributed by atoms with van der Waals surface area (Å²) in [6.45, 7) is 2.07. The molecule has 1 heterocycles. The molecule has 0 saturated carbocycles. The van der Waals surface area contributed by atoms with Crippen molar-refractivity contribution in [2.45, 2.75) is 13.3 Å². The van der Waals surface area contributed by atoms with Gasteiger partial charge >= 0.3 is 0 Å². The lowest BCUT2D eigenvalue weighted by Crippen LogP contribution is -2.32. The third-order valence-corrected chi connectivity index (χ3v) is 5.62. The van der Waals surface area contributed by atoms with Crippen molar-refractivity contribution in [2.24, 2.45) is 5.92 Å². The van der Waals surface area contributed by atoms with Crippen molar-refractivity contribution >= 4 is 33.2 Å². The van der Waals surface area contributed by atoms with Gasteiger partial charge in [0, 0.05) is 18.8 Å². The van der Waals surface area contributed by atoms with Gasteiger partial charge in [-0.1, -0.05) is 11.6 Å². The quantitative estimate of drug-likeness (QED) is 0.916. The Morgan fingerprint density at radius 1 is 1.52 bits per heavy atom. The van der Waals surface area contributed by atoms with Crippen LogP contribution in [0.15, 0.2) is 18.2 Å². The number of nitrogens with one attached hydrogen (secondary N) is 1. The highest BCUT2D eigenvalue weighted by molar-refractivity contribution is 7.89. The molecular formula is C13H16ClFN2O3S. The Bertz CT molecular complexity index is 651. The van der Waals surface area contributed by atoms with Gasteiger partial charge in [-0.15, -0.1) is 0 Å². The molecule has 1 N–H and O–H groups in total. The highest BCUT2D eigenvalue weighted by atomic mass is 35.5. The van der Waals surface area contributed by atoms with Gasteiger partial charge in [0.2, 0.25) is 15.9 Å². The summed E-state index contributed by atoms with van der Waals surface area (Å²) in [6.07, 6.45) is 0.459. The average Bonchev–Trinajstić information content (AvgIpc) is 2.93. The van der Waals surface area contributed by atoms with E-state index in [2.05, 4.69) is 5.32 Å². The van der Waals surface area contributed by atoms with Crippen LogP contribution >= 0.6 is 11.6 Å². The Hall–Kier alpha value is -1.18. The minimum Gasteiger partial charge on any atom is -0.326 e. The molecule has 1 amide bonds. The first-order valence-corrected chi connectivity index (χ1v) is 8.56. The lowest BCUT2D eigenvalue weighted by atomic mass is 10.1. The Kier molecular flexibility index (Phi) is 4.85. The Morgan fingerprint density at radius 2 is 2.24 bits per heavy atom. The van der Waals surface area contributed by atoms with E-state index in [0.717, 1.165) is 6.07 Å². The van der Waals surface area contributed by atoms with Crippen LogP contribution in [0.1, 0.15) is 13.3 Å². The predicted molar refractivity (Wildman–Crippen MR) is 79.2 cm³/mol. The molecule has 2 rings (SSSR count). The molecule has 0 radical (unpaired) electrons. The van der Waals surface area contributed by atoms with E-state index in [1.54, 1.807) is 6.92 Å². The van der Waals surface area contributed by atoms with Crippen LogP contribution < -0.4 is 5.32 Å². The monoisotopic (exact) mass is 334 g/mol. The molecule has 8 heteroatoms. The summed E-state index contributed by atoms with van der Waals surface area (Å²) in [5.41, 5.74) is 0.304.